The number of aliphatic hydroxyl groups excluding tert-OH is 12. The highest BCUT2D eigenvalue weighted by atomic mass is 16.7. The molecule has 5 fully saturated rings. The molecule has 17 heteroatoms. The molecule has 18 unspecified atom stereocenters. The highest BCUT2D eigenvalue weighted by molar-refractivity contribution is 4.99. The van der Waals surface area contributed by atoms with Crippen molar-refractivity contribution in [2.24, 2.45) is 11.8 Å². The Hall–Kier alpha value is -0.680. The van der Waals surface area contributed by atoms with Crippen molar-refractivity contribution in [3.8, 4) is 0 Å². The second kappa shape index (κ2) is 14.2. The maximum Gasteiger partial charge on any atom is 0.187 e. The Morgan fingerprint density at radius 1 is 0.591 bits per heavy atom. The summed E-state index contributed by atoms with van der Waals surface area (Å²) in [6.07, 6.45) is -22.8. The van der Waals surface area contributed by atoms with Crippen LogP contribution in [0.2, 0.25) is 0 Å². The molecular formula is C27H47O17+. The molecule has 0 spiro atoms. The molecule has 18 atom stereocenters. The molecule has 0 amide bonds. The van der Waals surface area contributed by atoms with Crippen LogP contribution in [0.15, 0.2) is 0 Å². The first-order chi connectivity index (χ1) is 20.8. The molecule has 17 nitrogen and oxygen atoms in total. The van der Waals surface area contributed by atoms with Crippen molar-refractivity contribution < 1.29 is 85.0 Å². The average molecular weight is 644 g/mol. The predicted octanol–water partition coefficient (Wildman–Crippen LogP) is -6.71. The summed E-state index contributed by atoms with van der Waals surface area (Å²) in [7, 11) is 0. The van der Waals surface area contributed by atoms with Crippen LogP contribution in [-0.4, -0.2) is 189 Å². The lowest BCUT2D eigenvalue weighted by atomic mass is 9.72. The fraction of sp³-hybridized carbons (Fsp3) is 1.00. The lowest BCUT2D eigenvalue weighted by molar-refractivity contribution is -0.363. The van der Waals surface area contributed by atoms with Gasteiger partial charge >= 0.3 is 0 Å². The van der Waals surface area contributed by atoms with E-state index in [1.807, 2.05) is 0 Å². The van der Waals surface area contributed by atoms with Crippen LogP contribution in [0.1, 0.15) is 32.1 Å². The van der Waals surface area contributed by atoms with Gasteiger partial charge in [-0.2, -0.15) is 0 Å². The van der Waals surface area contributed by atoms with Crippen LogP contribution in [0, 0.1) is 11.8 Å². The van der Waals surface area contributed by atoms with Crippen molar-refractivity contribution in [3.05, 3.63) is 0 Å². The summed E-state index contributed by atoms with van der Waals surface area (Å²) < 4.78 is 27.6. The predicted molar refractivity (Wildman–Crippen MR) is 141 cm³/mol. The summed E-state index contributed by atoms with van der Waals surface area (Å²) in [5.74, 6) is -0.919. The Bertz CT molecular complexity index is 917. The van der Waals surface area contributed by atoms with Crippen LogP contribution in [-0.2, 0) is 18.9 Å². The molecule has 0 aromatic carbocycles. The summed E-state index contributed by atoms with van der Waals surface area (Å²) in [5, 5.41) is 124. The normalized spacial score (nSPS) is 55.4. The van der Waals surface area contributed by atoms with Gasteiger partial charge in [-0.3, -0.25) is 0 Å². The Morgan fingerprint density at radius 3 is 1.82 bits per heavy atom. The largest absolute Gasteiger partial charge is 0.427 e. The minimum Gasteiger partial charge on any atom is -0.427 e. The zero-order chi connectivity index (χ0) is 32.0. The molecule has 5 rings (SSSR count). The van der Waals surface area contributed by atoms with Gasteiger partial charge in [0.1, 0.15) is 61.0 Å². The zero-order valence-electron chi connectivity index (χ0n) is 23.9. The van der Waals surface area contributed by atoms with Gasteiger partial charge in [-0.15, -0.1) is 0 Å². The third kappa shape index (κ3) is 6.95. The van der Waals surface area contributed by atoms with Crippen LogP contribution in [0.4, 0.5) is 0 Å². The molecule has 3 heterocycles. The van der Waals surface area contributed by atoms with Crippen molar-refractivity contribution in [1.29, 1.82) is 0 Å². The number of hydrogen-bond donors (Lipinski definition) is 12. The summed E-state index contributed by atoms with van der Waals surface area (Å²) in [5.41, 5.74) is 0. The van der Waals surface area contributed by atoms with Crippen molar-refractivity contribution in [2.75, 3.05) is 13.2 Å². The summed E-state index contributed by atoms with van der Waals surface area (Å²) in [4.78, 5) is 0. The molecule has 0 radical (unpaired) electrons. The topological polar surface area (TPSA) is 292 Å². The lowest BCUT2D eigenvalue weighted by Gasteiger charge is -2.49. The van der Waals surface area contributed by atoms with Crippen molar-refractivity contribution in [1.82, 2.24) is 0 Å². The molecule has 256 valence electrons. The van der Waals surface area contributed by atoms with Crippen molar-refractivity contribution >= 4 is 0 Å². The molecule has 44 heavy (non-hydrogen) atoms. The van der Waals surface area contributed by atoms with E-state index in [0.717, 1.165) is 0 Å². The average Bonchev–Trinajstić information content (AvgIpc) is 2.98. The molecule has 0 aromatic heterocycles. The Labute approximate surface area is 252 Å². The van der Waals surface area contributed by atoms with E-state index < -0.39 is 135 Å². The zero-order valence-corrected chi connectivity index (χ0v) is 23.9. The van der Waals surface area contributed by atoms with Crippen LogP contribution >= 0.6 is 0 Å². The van der Waals surface area contributed by atoms with Gasteiger partial charge in [-0.25, -0.2) is 0 Å². The van der Waals surface area contributed by atoms with E-state index in [2.05, 4.69) is 0 Å². The van der Waals surface area contributed by atoms with Gasteiger partial charge in [0, 0.05) is 18.8 Å². The number of aliphatic hydroxyl groups is 14. The second-order valence-corrected chi connectivity index (χ2v) is 12.9. The lowest BCUT2D eigenvalue weighted by Crippen LogP contribution is -2.64. The van der Waals surface area contributed by atoms with Gasteiger partial charge in [0.2, 0.25) is 0 Å². The highest BCUT2D eigenvalue weighted by Crippen LogP contribution is 2.42. The maximum absolute atomic E-state index is 10.8. The van der Waals surface area contributed by atoms with Crippen LogP contribution < -0.4 is 0 Å². The van der Waals surface area contributed by atoms with Crippen LogP contribution in [0.3, 0.4) is 0 Å². The first kappa shape index (κ1) is 34.6. The number of fused-ring (bicyclic) bond motifs is 1. The standard InChI is InChI=1S/C27H46O17/c28-6-16-19(34)21(36)23(38)26(43-16)40-7-17-20(35)22(37)24(39)27(44-17)42-15-5-10-11(30)3-9(29)4-14(10)41-25(15)8-1-12(31)18(33)13(32)2-8/h8-39H,1-7H2/p+1. The van der Waals surface area contributed by atoms with Gasteiger partial charge in [0.25, 0.3) is 0 Å². The van der Waals surface area contributed by atoms with Crippen LogP contribution in [0.5, 0.6) is 0 Å². The number of ether oxygens (including phenoxy) is 5. The molecule has 2 aliphatic carbocycles. The van der Waals surface area contributed by atoms with E-state index >= 15 is 0 Å². The molecule has 0 bridgehead atoms. The monoisotopic (exact) mass is 643 g/mol. The maximum atomic E-state index is 10.8. The fourth-order valence-corrected chi connectivity index (χ4v) is 7.30. The fourth-order valence-electron chi connectivity index (χ4n) is 7.30. The van der Waals surface area contributed by atoms with E-state index in [-0.39, 0.29) is 32.1 Å². The minimum absolute atomic E-state index is 0.0692. The van der Waals surface area contributed by atoms with Gasteiger partial charge in [0.05, 0.1) is 43.5 Å². The Kier molecular flexibility index (Phi) is 11.2. The van der Waals surface area contributed by atoms with Gasteiger partial charge in [-0.1, -0.05) is 0 Å². The van der Waals surface area contributed by atoms with Gasteiger partial charge in [-0.05, 0) is 19.3 Å². The van der Waals surface area contributed by atoms with Crippen molar-refractivity contribution in [3.63, 3.8) is 0 Å². The Morgan fingerprint density at radius 2 is 1.18 bits per heavy atom. The molecule has 5 aliphatic rings. The third-order valence-corrected chi connectivity index (χ3v) is 9.88. The SMILES string of the molecule is OCC1OC(OCC2OC(OC3CC4C(O)CC(O)CC4[OH+]C3C3CC(O)C(O)C(O)C3)C(O)C(O)C2O)C(O)C(O)C1O. The van der Waals surface area contributed by atoms with E-state index in [0.29, 0.717) is 0 Å². The third-order valence-electron chi connectivity index (χ3n) is 9.88. The van der Waals surface area contributed by atoms with Crippen molar-refractivity contribution in [2.45, 2.75) is 142 Å². The van der Waals surface area contributed by atoms with E-state index in [4.69, 9.17) is 23.7 Å². The molecule has 3 aliphatic heterocycles. The molecule has 13 N–H and O–H groups in total. The number of rotatable bonds is 7. The van der Waals surface area contributed by atoms with Gasteiger partial charge in [0.15, 0.2) is 24.8 Å². The summed E-state index contributed by atoms with van der Waals surface area (Å²) in [6, 6.07) is 0. The van der Waals surface area contributed by atoms with E-state index in [1.165, 1.54) is 0 Å². The Balaban J connectivity index is 1.30. The highest BCUT2D eigenvalue weighted by Gasteiger charge is 2.56. The summed E-state index contributed by atoms with van der Waals surface area (Å²) >= 11 is 0. The van der Waals surface area contributed by atoms with Gasteiger partial charge < -0.3 is 85.0 Å². The summed E-state index contributed by atoms with van der Waals surface area (Å²) in [6.45, 7) is -1.24. The van der Waals surface area contributed by atoms with E-state index in [9.17, 15) is 61.3 Å². The first-order valence-electron chi connectivity index (χ1n) is 15.2. The van der Waals surface area contributed by atoms with E-state index in [1.54, 1.807) is 0 Å². The number of hydrogen-bond acceptors (Lipinski definition) is 16. The quantitative estimate of drug-likeness (QED) is 0.115. The molecular weight excluding hydrogens is 596 g/mol. The first-order valence-corrected chi connectivity index (χ1v) is 15.2. The minimum atomic E-state index is -1.78. The molecule has 2 saturated carbocycles. The smallest absolute Gasteiger partial charge is 0.187 e. The second-order valence-electron chi connectivity index (χ2n) is 12.9. The van der Waals surface area contributed by atoms with Crippen LogP contribution in [0.25, 0.3) is 0 Å². The molecule has 0 aromatic rings. The molecule has 3 saturated heterocycles.